The number of guanidine groups is 1. The van der Waals surface area contributed by atoms with Crippen molar-refractivity contribution in [2.75, 3.05) is 20.1 Å². The fraction of sp³-hybridized carbons (Fsp3) is 0.389. The molecule has 0 radical (unpaired) electrons. The van der Waals surface area contributed by atoms with E-state index < -0.39 is 6.10 Å². The number of nitrogens with one attached hydrogen (secondary N) is 1. The molecule has 1 aromatic carbocycles. The molecule has 1 unspecified atom stereocenters. The number of thiophene rings is 1. The summed E-state index contributed by atoms with van der Waals surface area (Å²) in [4.78, 5) is 6.65. The van der Waals surface area contributed by atoms with Crippen molar-refractivity contribution in [2.45, 2.75) is 26.5 Å². The van der Waals surface area contributed by atoms with Gasteiger partial charge in [0.1, 0.15) is 0 Å². The highest BCUT2D eigenvalue weighted by Crippen LogP contribution is 2.14. The van der Waals surface area contributed by atoms with Gasteiger partial charge < -0.3 is 15.3 Å². The van der Waals surface area contributed by atoms with Crippen LogP contribution in [0.4, 0.5) is 0 Å². The fourth-order valence-electron chi connectivity index (χ4n) is 2.27. The highest BCUT2D eigenvalue weighted by molar-refractivity contribution is 14.0. The first-order valence-electron chi connectivity index (χ1n) is 7.85. The number of benzene rings is 1. The minimum Gasteiger partial charge on any atom is -0.386 e. The first kappa shape index (κ1) is 20.9. The maximum Gasteiger partial charge on any atom is 0.194 e. The third kappa shape index (κ3) is 6.41. The smallest absolute Gasteiger partial charge is 0.194 e. The van der Waals surface area contributed by atoms with Crippen molar-refractivity contribution in [3.63, 3.8) is 0 Å². The second kappa shape index (κ2) is 10.7. The van der Waals surface area contributed by atoms with E-state index >= 15 is 0 Å². The average molecular weight is 459 g/mol. The Bertz CT molecular complexity index is 614. The van der Waals surface area contributed by atoms with Crippen LogP contribution in [-0.4, -0.2) is 36.1 Å². The van der Waals surface area contributed by atoms with Crippen molar-refractivity contribution in [2.24, 2.45) is 4.99 Å². The molecule has 0 aliphatic heterocycles. The quantitative estimate of drug-likeness (QED) is 0.393. The molecule has 2 N–H and O–H groups in total. The Hall–Kier alpha value is -1.12. The van der Waals surface area contributed by atoms with E-state index in [0.29, 0.717) is 6.54 Å². The van der Waals surface area contributed by atoms with Crippen LogP contribution < -0.4 is 5.32 Å². The van der Waals surface area contributed by atoms with Gasteiger partial charge in [0.15, 0.2) is 5.96 Å². The van der Waals surface area contributed by atoms with E-state index in [1.165, 1.54) is 11.1 Å². The minimum atomic E-state index is -0.584. The molecule has 0 saturated heterocycles. The Morgan fingerprint density at radius 1 is 1.29 bits per heavy atom. The summed E-state index contributed by atoms with van der Waals surface area (Å²) in [6.07, 6.45) is -0.584. The van der Waals surface area contributed by atoms with Crippen molar-refractivity contribution in [3.05, 3.63) is 57.8 Å². The molecular formula is C18H26IN3OS. The lowest BCUT2D eigenvalue weighted by Gasteiger charge is -2.22. The van der Waals surface area contributed by atoms with E-state index in [2.05, 4.69) is 32.0 Å². The highest BCUT2D eigenvalue weighted by Gasteiger charge is 2.10. The molecule has 0 amide bonds. The average Bonchev–Trinajstić information content (AvgIpc) is 3.04. The van der Waals surface area contributed by atoms with Crippen LogP contribution in [0, 0.1) is 6.92 Å². The molecule has 6 heteroatoms. The summed E-state index contributed by atoms with van der Waals surface area (Å²) in [5.41, 5.74) is 3.35. The molecule has 0 saturated carbocycles. The second-order valence-corrected chi connectivity index (χ2v) is 6.39. The molecule has 24 heavy (non-hydrogen) atoms. The highest BCUT2D eigenvalue weighted by atomic mass is 127. The van der Waals surface area contributed by atoms with Crippen LogP contribution >= 0.6 is 35.3 Å². The Labute approximate surface area is 165 Å². The largest absolute Gasteiger partial charge is 0.386 e. The van der Waals surface area contributed by atoms with Crippen LogP contribution in [0.15, 0.2) is 46.1 Å². The van der Waals surface area contributed by atoms with E-state index in [0.717, 1.165) is 24.6 Å². The SMILES string of the molecule is CCNC(=NCC(O)c1ccc(C)cc1)N(C)Cc1ccsc1.I. The maximum absolute atomic E-state index is 10.3. The molecule has 0 aliphatic carbocycles. The third-order valence-corrected chi connectivity index (χ3v) is 4.30. The third-order valence-electron chi connectivity index (χ3n) is 3.57. The topological polar surface area (TPSA) is 47.9 Å². The number of hydrogen-bond donors (Lipinski definition) is 2. The van der Waals surface area contributed by atoms with Crippen molar-refractivity contribution >= 4 is 41.3 Å². The van der Waals surface area contributed by atoms with Gasteiger partial charge in [0.05, 0.1) is 12.6 Å². The Morgan fingerprint density at radius 3 is 2.58 bits per heavy atom. The summed E-state index contributed by atoms with van der Waals surface area (Å²) in [5, 5.41) is 17.8. The number of aliphatic hydroxyl groups excluding tert-OH is 1. The fourth-order valence-corrected chi connectivity index (χ4v) is 2.93. The molecule has 0 spiro atoms. The normalized spacial score (nSPS) is 12.4. The number of rotatable bonds is 6. The lowest BCUT2D eigenvalue weighted by Crippen LogP contribution is -2.38. The van der Waals surface area contributed by atoms with Crippen LogP contribution in [0.2, 0.25) is 0 Å². The molecule has 0 bridgehead atoms. The number of aryl methyl sites for hydroxylation is 1. The van der Waals surface area contributed by atoms with Crippen LogP contribution in [0.25, 0.3) is 0 Å². The maximum atomic E-state index is 10.3. The zero-order chi connectivity index (χ0) is 16.7. The molecule has 2 rings (SSSR count). The monoisotopic (exact) mass is 459 g/mol. The molecule has 132 valence electrons. The molecule has 1 aromatic heterocycles. The van der Waals surface area contributed by atoms with E-state index in [1.807, 2.05) is 45.2 Å². The van der Waals surface area contributed by atoms with Gasteiger partial charge in [-0.05, 0) is 41.8 Å². The van der Waals surface area contributed by atoms with E-state index in [-0.39, 0.29) is 24.0 Å². The van der Waals surface area contributed by atoms with Gasteiger partial charge in [0.25, 0.3) is 0 Å². The van der Waals surface area contributed by atoms with Gasteiger partial charge in [-0.1, -0.05) is 29.8 Å². The first-order valence-corrected chi connectivity index (χ1v) is 8.79. The van der Waals surface area contributed by atoms with E-state index in [9.17, 15) is 5.11 Å². The van der Waals surface area contributed by atoms with Crippen LogP contribution in [0.5, 0.6) is 0 Å². The minimum absolute atomic E-state index is 0. The van der Waals surface area contributed by atoms with Crippen molar-refractivity contribution in [1.82, 2.24) is 10.2 Å². The standard InChI is InChI=1S/C18H25N3OS.HI/c1-4-19-18(21(3)12-15-9-10-23-13-15)20-11-17(22)16-7-5-14(2)6-8-16;/h5-10,13,17,22H,4,11-12H2,1-3H3,(H,19,20);1H. The summed E-state index contributed by atoms with van der Waals surface area (Å²) >= 11 is 1.70. The molecule has 1 heterocycles. The molecule has 2 aromatic rings. The summed E-state index contributed by atoms with van der Waals surface area (Å²) in [6, 6.07) is 10.0. The Balaban J connectivity index is 0.00000288. The van der Waals surface area contributed by atoms with Crippen LogP contribution in [-0.2, 0) is 6.54 Å². The molecule has 1 atom stereocenters. The summed E-state index contributed by atoms with van der Waals surface area (Å²) < 4.78 is 0. The lowest BCUT2D eigenvalue weighted by molar-refractivity contribution is 0.186. The molecule has 4 nitrogen and oxygen atoms in total. The van der Waals surface area contributed by atoms with Crippen molar-refractivity contribution in [3.8, 4) is 0 Å². The summed E-state index contributed by atoms with van der Waals surface area (Å²) in [6.45, 7) is 6.03. The zero-order valence-corrected chi connectivity index (χ0v) is 17.5. The molecule has 0 fully saturated rings. The Kier molecular flexibility index (Phi) is 9.31. The van der Waals surface area contributed by atoms with Crippen molar-refractivity contribution in [1.29, 1.82) is 0 Å². The second-order valence-electron chi connectivity index (χ2n) is 5.61. The number of aliphatic hydroxyl groups is 1. The lowest BCUT2D eigenvalue weighted by atomic mass is 10.1. The Morgan fingerprint density at radius 2 is 2.00 bits per heavy atom. The van der Waals surface area contributed by atoms with Gasteiger partial charge in [0, 0.05) is 20.1 Å². The van der Waals surface area contributed by atoms with Crippen LogP contribution in [0.1, 0.15) is 29.7 Å². The molecule has 0 aliphatic rings. The number of halogens is 1. The first-order chi connectivity index (χ1) is 11.1. The van der Waals surface area contributed by atoms with Gasteiger partial charge in [-0.3, -0.25) is 4.99 Å². The van der Waals surface area contributed by atoms with Gasteiger partial charge in [-0.15, -0.1) is 24.0 Å². The van der Waals surface area contributed by atoms with Crippen LogP contribution in [0.3, 0.4) is 0 Å². The number of nitrogens with zero attached hydrogens (tertiary/aromatic N) is 2. The summed E-state index contributed by atoms with van der Waals surface area (Å²) in [5.74, 6) is 0.810. The zero-order valence-electron chi connectivity index (χ0n) is 14.4. The van der Waals surface area contributed by atoms with Crippen molar-refractivity contribution < 1.29 is 5.11 Å². The van der Waals surface area contributed by atoms with E-state index in [4.69, 9.17) is 0 Å². The number of aliphatic imine (C=N–C) groups is 1. The van der Waals surface area contributed by atoms with Gasteiger partial charge >= 0.3 is 0 Å². The van der Waals surface area contributed by atoms with Gasteiger partial charge in [-0.2, -0.15) is 11.3 Å². The summed E-state index contributed by atoms with van der Waals surface area (Å²) in [7, 11) is 2.01. The van der Waals surface area contributed by atoms with Gasteiger partial charge in [0.2, 0.25) is 0 Å². The predicted octanol–water partition coefficient (Wildman–Crippen LogP) is 3.81. The van der Waals surface area contributed by atoms with E-state index in [1.54, 1.807) is 11.3 Å². The van der Waals surface area contributed by atoms with Gasteiger partial charge in [-0.25, -0.2) is 0 Å². The number of hydrogen-bond acceptors (Lipinski definition) is 3. The molecular weight excluding hydrogens is 433 g/mol. The predicted molar refractivity (Wildman–Crippen MR) is 113 cm³/mol.